The zero-order valence-electron chi connectivity index (χ0n) is 11.1. The fourth-order valence-electron chi connectivity index (χ4n) is 2.35. The number of hydrogen-bond acceptors (Lipinski definition) is 3. The second-order valence-electron chi connectivity index (χ2n) is 4.70. The third-order valence-electron chi connectivity index (χ3n) is 3.37. The number of carbonyl (C=O) groups excluding carboxylic acids is 1. The fourth-order valence-corrected chi connectivity index (χ4v) is 2.35. The van der Waals surface area contributed by atoms with Gasteiger partial charge in [-0.3, -0.25) is 4.79 Å². The smallest absolute Gasteiger partial charge is 0.241 e. The maximum absolute atomic E-state index is 12.0. The fraction of sp³-hybridized carbons (Fsp3) is 0.385. The molecule has 1 aliphatic rings. The second kappa shape index (κ2) is 6.92. The third kappa shape index (κ3) is 3.23. The van der Waals surface area contributed by atoms with Gasteiger partial charge in [-0.15, -0.1) is 24.8 Å². The summed E-state index contributed by atoms with van der Waals surface area (Å²) in [4.78, 5) is 16.2. The van der Waals surface area contributed by atoms with Crippen molar-refractivity contribution in [2.75, 3.05) is 11.9 Å². The maximum Gasteiger partial charge on any atom is 0.241 e. The number of imidazole rings is 1. The molecule has 0 spiro atoms. The number of hydrogen-bond donors (Lipinski definition) is 2. The van der Waals surface area contributed by atoms with Gasteiger partial charge in [0, 0.05) is 12.7 Å². The molecule has 0 radical (unpaired) electrons. The first-order chi connectivity index (χ1) is 8.74. The van der Waals surface area contributed by atoms with E-state index in [-0.39, 0.29) is 36.8 Å². The molecule has 20 heavy (non-hydrogen) atoms. The Bertz CT molecular complexity index is 593. The molecule has 1 aliphatic heterocycles. The molecule has 0 aliphatic carbocycles. The van der Waals surface area contributed by atoms with Gasteiger partial charge in [-0.1, -0.05) is 0 Å². The minimum Gasteiger partial charge on any atom is -0.334 e. The molecule has 2 heterocycles. The van der Waals surface area contributed by atoms with E-state index in [9.17, 15) is 4.79 Å². The quantitative estimate of drug-likeness (QED) is 0.892. The van der Waals surface area contributed by atoms with Crippen LogP contribution >= 0.6 is 24.8 Å². The Labute approximate surface area is 130 Å². The molecule has 0 bridgehead atoms. The van der Waals surface area contributed by atoms with Crippen molar-refractivity contribution >= 4 is 47.4 Å². The van der Waals surface area contributed by atoms with Gasteiger partial charge >= 0.3 is 0 Å². The number of fused-ring (bicyclic) bond motifs is 1. The summed E-state index contributed by atoms with van der Waals surface area (Å²) in [5.41, 5.74) is 2.77. The number of carbonyl (C=O) groups is 1. The van der Waals surface area contributed by atoms with E-state index in [0.717, 1.165) is 36.1 Å². The Morgan fingerprint density at radius 3 is 2.95 bits per heavy atom. The van der Waals surface area contributed by atoms with Crippen molar-refractivity contribution in [1.29, 1.82) is 0 Å². The van der Waals surface area contributed by atoms with Gasteiger partial charge < -0.3 is 15.2 Å². The Hall–Kier alpha value is -1.30. The van der Waals surface area contributed by atoms with Crippen molar-refractivity contribution < 1.29 is 4.79 Å². The molecule has 1 aromatic carbocycles. The number of amides is 1. The lowest BCUT2D eigenvalue weighted by molar-refractivity contribution is -0.117. The van der Waals surface area contributed by atoms with E-state index in [2.05, 4.69) is 15.6 Å². The molecule has 7 heteroatoms. The van der Waals surface area contributed by atoms with Crippen LogP contribution < -0.4 is 10.6 Å². The molecule has 1 fully saturated rings. The molecule has 110 valence electrons. The van der Waals surface area contributed by atoms with Crippen LogP contribution in [0.15, 0.2) is 24.5 Å². The lowest BCUT2D eigenvalue weighted by Gasteiger charge is -2.11. The van der Waals surface area contributed by atoms with E-state index in [0.29, 0.717) is 0 Å². The first-order valence-electron chi connectivity index (χ1n) is 6.19. The van der Waals surface area contributed by atoms with Crippen molar-refractivity contribution in [2.24, 2.45) is 7.05 Å². The Balaban J connectivity index is 0.000001000. The van der Waals surface area contributed by atoms with E-state index in [1.54, 1.807) is 6.33 Å². The molecule has 2 N–H and O–H groups in total. The predicted octanol–water partition coefficient (Wildman–Crippen LogP) is 2.11. The van der Waals surface area contributed by atoms with Crippen LogP contribution in [0.5, 0.6) is 0 Å². The molecule has 1 amide bonds. The highest BCUT2D eigenvalue weighted by Gasteiger charge is 2.21. The number of halogens is 2. The second-order valence-corrected chi connectivity index (χ2v) is 4.70. The van der Waals surface area contributed by atoms with Crippen LogP contribution in [-0.2, 0) is 11.8 Å². The van der Waals surface area contributed by atoms with E-state index < -0.39 is 0 Å². The van der Waals surface area contributed by atoms with Crippen LogP contribution in [0.25, 0.3) is 11.0 Å². The molecule has 1 saturated heterocycles. The molecule has 0 saturated carbocycles. The Kier molecular flexibility index (Phi) is 5.80. The monoisotopic (exact) mass is 316 g/mol. The molecule has 1 atom stereocenters. The minimum atomic E-state index is -0.0515. The Morgan fingerprint density at radius 2 is 2.25 bits per heavy atom. The number of benzene rings is 1. The van der Waals surface area contributed by atoms with Crippen LogP contribution in [-0.4, -0.2) is 28.0 Å². The molecule has 5 nitrogen and oxygen atoms in total. The largest absolute Gasteiger partial charge is 0.334 e. The highest BCUT2D eigenvalue weighted by Crippen LogP contribution is 2.18. The van der Waals surface area contributed by atoms with Gasteiger partial charge in [0.2, 0.25) is 5.91 Å². The van der Waals surface area contributed by atoms with Gasteiger partial charge in [-0.2, -0.15) is 0 Å². The van der Waals surface area contributed by atoms with Crippen molar-refractivity contribution in [3.05, 3.63) is 24.5 Å². The normalized spacial score (nSPS) is 17.4. The van der Waals surface area contributed by atoms with Gasteiger partial charge in [0.25, 0.3) is 0 Å². The highest BCUT2D eigenvalue weighted by molar-refractivity contribution is 5.96. The molecule has 1 aromatic heterocycles. The summed E-state index contributed by atoms with van der Waals surface area (Å²) in [6, 6.07) is 5.74. The summed E-state index contributed by atoms with van der Waals surface area (Å²) >= 11 is 0. The number of nitrogens with one attached hydrogen (secondary N) is 2. The molecular weight excluding hydrogens is 299 g/mol. The summed E-state index contributed by atoms with van der Waals surface area (Å²) in [6.07, 6.45) is 3.75. The van der Waals surface area contributed by atoms with Crippen LogP contribution in [0.1, 0.15) is 12.8 Å². The summed E-state index contributed by atoms with van der Waals surface area (Å²) < 4.78 is 1.96. The SMILES string of the molecule is Cl.Cl.Cn1cnc2cc(NC(=O)C3CCCN3)ccc21. The average Bonchev–Trinajstić information content (AvgIpc) is 2.99. The Morgan fingerprint density at radius 1 is 1.45 bits per heavy atom. The number of nitrogens with zero attached hydrogens (tertiary/aromatic N) is 2. The van der Waals surface area contributed by atoms with E-state index in [1.807, 2.05) is 29.8 Å². The zero-order chi connectivity index (χ0) is 12.5. The average molecular weight is 317 g/mol. The topological polar surface area (TPSA) is 59.0 Å². The third-order valence-corrected chi connectivity index (χ3v) is 3.37. The standard InChI is InChI=1S/C13H16N4O.2ClH/c1-17-8-15-11-7-9(4-5-12(11)17)16-13(18)10-3-2-6-14-10;;/h4-5,7-8,10,14H,2-3,6H2,1H3,(H,16,18);2*1H. The number of aryl methyl sites for hydroxylation is 1. The van der Waals surface area contributed by atoms with Crippen molar-refractivity contribution in [2.45, 2.75) is 18.9 Å². The van der Waals surface area contributed by atoms with Gasteiger partial charge in [-0.05, 0) is 37.6 Å². The van der Waals surface area contributed by atoms with Gasteiger partial charge in [0.05, 0.1) is 23.4 Å². The van der Waals surface area contributed by atoms with Gasteiger partial charge in [0.15, 0.2) is 0 Å². The minimum absolute atomic E-state index is 0. The van der Waals surface area contributed by atoms with Crippen molar-refractivity contribution in [3.8, 4) is 0 Å². The van der Waals surface area contributed by atoms with Gasteiger partial charge in [-0.25, -0.2) is 4.98 Å². The molecule has 1 unspecified atom stereocenters. The first kappa shape index (κ1) is 16.8. The van der Waals surface area contributed by atoms with E-state index in [4.69, 9.17) is 0 Å². The molecule has 3 rings (SSSR count). The summed E-state index contributed by atoms with van der Waals surface area (Å²) in [5.74, 6) is 0.0442. The molecule has 2 aromatic rings. The van der Waals surface area contributed by atoms with Crippen molar-refractivity contribution in [3.63, 3.8) is 0 Å². The zero-order valence-corrected chi connectivity index (χ0v) is 12.8. The number of aromatic nitrogens is 2. The predicted molar refractivity (Wildman–Crippen MR) is 84.9 cm³/mol. The summed E-state index contributed by atoms with van der Waals surface area (Å²) in [6.45, 7) is 0.928. The summed E-state index contributed by atoms with van der Waals surface area (Å²) in [7, 11) is 1.95. The lowest BCUT2D eigenvalue weighted by Crippen LogP contribution is -2.35. The molecular formula is C13H18Cl2N4O. The van der Waals surface area contributed by atoms with Gasteiger partial charge in [0.1, 0.15) is 0 Å². The van der Waals surface area contributed by atoms with E-state index >= 15 is 0 Å². The van der Waals surface area contributed by atoms with Crippen LogP contribution in [0.4, 0.5) is 5.69 Å². The number of rotatable bonds is 2. The highest BCUT2D eigenvalue weighted by atomic mass is 35.5. The van der Waals surface area contributed by atoms with Crippen LogP contribution in [0.3, 0.4) is 0 Å². The number of anilines is 1. The van der Waals surface area contributed by atoms with Crippen LogP contribution in [0.2, 0.25) is 0 Å². The summed E-state index contributed by atoms with van der Waals surface area (Å²) in [5, 5.41) is 6.12. The maximum atomic E-state index is 12.0. The van der Waals surface area contributed by atoms with Crippen molar-refractivity contribution in [1.82, 2.24) is 14.9 Å². The van der Waals surface area contributed by atoms with E-state index in [1.165, 1.54) is 0 Å². The van der Waals surface area contributed by atoms with Crippen LogP contribution in [0, 0.1) is 0 Å². The first-order valence-corrected chi connectivity index (χ1v) is 6.19. The lowest BCUT2D eigenvalue weighted by atomic mass is 10.2.